The Morgan fingerprint density at radius 1 is 1.50 bits per heavy atom. The third-order valence-electron chi connectivity index (χ3n) is 3.63. The molecule has 106 valence electrons. The number of carbonyl (C=O) groups excluding carboxylic acids is 1. The van der Waals surface area contributed by atoms with Gasteiger partial charge in [0.25, 0.3) is 0 Å². The van der Waals surface area contributed by atoms with E-state index in [2.05, 4.69) is 29.1 Å². The fraction of sp³-hybridized carbons (Fsp3) is 0.500. The van der Waals surface area contributed by atoms with Gasteiger partial charge in [0.1, 0.15) is 16.5 Å². The van der Waals surface area contributed by atoms with Gasteiger partial charge in [-0.25, -0.2) is 9.97 Å². The number of nitrogens with one attached hydrogen (secondary N) is 1. The lowest BCUT2D eigenvalue weighted by Gasteiger charge is -2.48. The number of nitrogens with zero attached hydrogens (tertiary/aromatic N) is 3. The molecule has 0 spiro atoms. The summed E-state index contributed by atoms with van der Waals surface area (Å²) < 4.78 is 0. The molecule has 1 N–H and O–H groups in total. The van der Waals surface area contributed by atoms with Gasteiger partial charge in [-0.05, 0) is 18.4 Å². The monoisotopic (exact) mass is 290 g/mol. The predicted molar refractivity (Wildman–Crippen MR) is 81.1 cm³/mol. The molecular weight excluding hydrogens is 272 g/mol. The van der Waals surface area contributed by atoms with Crippen molar-refractivity contribution in [1.29, 1.82) is 0 Å². The van der Waals surface area contributed by atoms with Crippen LogP contribution >= 0.6 is 11.3 Å². The number of hydrogen-bond donors (Lipinski definition) is 1. The highest BCUT2D eigenvalue weighted by molar-refractivity contribution is 7.16. The minimum atomic E-state index is -0.0973. The molecule has 1 saturated heterocycles. The highest BCUT2D eigenvalue weighted by atomic mass is 32.1. The molecule has 2 aromatic rings. The Balaban J connectivity index is 1.87. The van der Waals surface area contributed by atoms with E-state index in [1.54, 1.807) is 18.3 Å². The lowest BCUT2D eigenvalue weighted by Crippen LogP contribution is -2.65. The van der Waals surface area contributed by atoms with Crippen LogP contribution < -0.4 is 5.32 Å². The molecule has 1 amide bonds. The molecule has 6 heteroatoms. The average molecular weight is 290 g/mol. The van der Waals surface area contributed by atoms with Crippen LogP contribution in [0, 0.1) is 0 Å². The first kappa shape index (κ1) is 13.3. The van der Waals surface area contributed by atoms with Crippen LogP contribution in [0.5, 0.6) is 0 Å². The molecule has 3 rings (SSSR count). The fourth-order valence-electron chi connectivity index (χ4n) is 2.54. The molecule has 20 heavy (non-hydrogen) atoms. The average Bonchev–Trinajstić information content (AvgIpc) is 2.83. The smallest absolute Gasteiger partial charge is 0.219 e. The Bertz CT molecular complexity index is 660. The predicted octanol–water partition coefficient (Wildman–Crippen LogP) is 2.29. The Labute approximate surface area is 122 Å². The zero-order chi connectivity index (χ0) is 14.3. The highest BCUT2D eigenvalue weighted by Gasteiger charge is 2.40. The molecule has 2 aromatic heterocycles. The van der Waals surface area contributed by atoms with Crippen LogP contribution in [-0.4, -0.2) is 39.4 Å². The van der Waals surface area contributed by atoms with Crippen molar-refractivity contribution in [1.82, 2.24) is 14.9 Å². The van der Waals surface area contributed by atoms with Crippen LogP contribution in [0.3, 0.4) is 0 Å². The topological polar surface area (TPSA) is 58.1 Å². The minimum Gasteiger partial charge on any atom is -0.361 e. The molecular formula is C14H18N4OS. The number of aryl methyl sites for hydroxylation is 1. The van der Waals surface area contributed by atoms with E-state index < -0.39 is 0 Å². The Morgan fingerprint density at radius 3 is 2.90 bits per heavy atom. The normalized spacial score (nSPS) is 17.1. The van der Waals surface area contributed by atoms with Crippen LogP contribution in [0.2, 0.25) is 0 Å². The molecule has 0 aromatic carbocycles. The van der Waals surface area contributed by atoms with Crippen molar-refractivity contribution >= 4 is 33.3 Å². The van der Waals surface area contributed by atoms with Gasteiger partial charge >= 0.3 is 0 Å². The van der Waals surface area contributed by atoms with Gasteiger partial charge in [-0.3, -0.25) is 4.79 Å². The van der Waals surface area contributed by atoms with Gasteiger partial charge in [0.2, 0.25) is 5.91 Å². The molecule has 5 nitrogen and oxygen atoms in total. The lowest BCUT2D eigenvalue weighted by atomic mass is 9.92. The van der Waals surface area contributed by atoms with Gasteiger partial charge < -0.3 is 10.2 Å². The second-order valence-corrected chi connectivity index (χ2v) is 6.44. The molecule has 0 aliphatic carbocycles. The second kappa shape index (κ2) is 4.70. The summed E-state index contributed by atoms with van der Waals surface area (Å²) in [5.74, 6) is 1.87. The van der Waals surface area contributed by atoms with Crippen LogP contribution in [0.25, 0.3) is 10.2 Å². The van der Waals surface area contributed by atoms with Crippen molar-refractivity contribution in [2.24, 2.45) is 0 Å². The summed E-state index contributed by atoms with van der Waals surface area (Å²) in [7, 11) is 0. The van der Waals surface area contributed by atoms with E-state index in [4.69, 9.17) is 0 Å². The largest absolute Gasteiger partial charge is 0.361 e. The molecule has 1 aliphatic rings. The van der Waals surface area contributed by atoms with E-state index >= 15 is 0 Å². The molecule has 0 radical (unpaired) electrons. The van der Waals surface area contributed by atoms with Crippen molar-refractivity contribution in [3.8, 4) is 0 Å². The summed E-state index contributed by atoms with van der Waals surface area (Å²) in [5, 5.41) is 6.61. The van der Waals surface area contributed by atoms with E-state index in [1.807, 2.05) is 16.3 Å². The molecule has 1 fully saturated rings. The Morgan fingerprint density at radius 2 is 2.25 bits per heavy atom. The summed E-state index contributed by atoms with van der Waals surface area (Å²) in [6, 6.07) is 2.05. The zero-order valence-electron chi connectivity index (χ0n) is 11.9. The highest BCUT2D eigenvalue weighted by Crippen LogP contribution is 2.30. The fourth-order valence-corrected chi connectivity index (χ4v) is 3.32. The van der Waals surface area contributed by atoms with Crippen molar-refractivity contribution in [3.63, 3.8) is 0 Å². The van der Waals surface area contributed by atoms with Crippen LogP contribution in [0.1, 0.15) is 26.6 Å². The molecule has 0 unspecified atom stereocenters. The van der Waals surface area contributed by atoms with Gasteiger partial charge in [0.15, 0.2) is 0 Å². The van der Waals surface area contributed by atoms with E-state index in [-0.39, 0.29) is 11.4 Å². The number of rotatable bonds is 3. The first-order valence-corrected chi connectivity index (χ1v) is 7.66. The van der Waals surface area contributed by atoms with Crippen molar-refractivity contribution in [3.05, 3.63) is 17.3 Å². The summed E-state index contributed by atoms with van der Waals surface area (Å²) in [6.45, 7) is 7.23. The maximum atomic E-state index is 11.3. The number of likely N-dealkylation sites (tertiary alicyclic amines) is 1. The Kier molecular flexibility index (Phi) is 3.12. The van der Waals surface area contributed by atoms with Crippen LogP contribution in [0.15, 0.2) is 11.4 Å². The SMILES string of the molecule is CCc1nc(NC2(C)CN(C(C)=O)C2)c2ccsc2n1. The summed E-state index contributed by atoms with van der Waals surface area (Å²) in [4.78, 5) is 23.3. The van der Waals surface area contributed by atoms with Gasteiger partial charge in [-0.2, -0.15) is 0 Å². The van der Waals surface area contributed by atoms with Crippen molar-refractivity contribution in [2.75, 3.05) is 18.4 Å². The van der Waals surface area contributed by atoms with Crippen molar-refractivity contribution in [2.45, 2.75) is 32.7 Å². The summed E-state index contributed by atoms with van der Waals surface area (Å²) in [6.07, 6.45) is 0.818. The zero-order valence-corrected chi connectivity index (χ0v) is 12.8. The number of anilines is 1. The summed E-state index contributed by atoms with van der Waals surface area (Å²) in [5.41, 5.74) is -0.0973. The maximum absolute atomic E-state index is 11.3. The molecule has 0 saturated carbocycles. The second-order valence-electron chi connectivity index (χ2n) is 5.54. The number of hydrogen-bond acceptors (Lipinski definition) is 5. The lowest BCUT2D eigenvalue weighted by molar-refractivity contribution is -0.135. The standard InChI is InChI=1S/C14H18N4OS/c1-4-11-15-12(10-5-6-20-13(10)16-11)17-14(3)7-18(8-14)9(2)19/h5-6H,4,7-8H2,1-3H3,(H,15,16,17). The van der Waals surface area contributed by atoms with Gasteiger partial charge in [0, 0.05) is 26.4 Å². The van der Waals surface area contributed by atoms with Crippen molar-refractivity contribution < 1.29 is 4.79 Å². The number of carbonyl (C=O) groups is 1. The first-order chi connectivity index (χ1) is 9.50. The van der Waals surface area contributed by atoms with E-state index in [0.717, 1.165) is 41.4 Å². The van der Waals surface area contributed by atoms with Crippen LogP contribution in [0.4, 0.5) is 5.82 Å². The minimum absolute atomic E-state index is 0.0973. The van der Waals surface area contributed by atoms with Crippen LogP contribution in [-0.2, 0) is 11.2 Å². The number of fused-ring (bicyclic) bond motifs is 1. The van der Waals surface area contributed by atoms with E-state index in [0.29, 0.717) is 0 Å². The first-order valence-electron chi connectivity index (χ1n) is 6.78. The van der Waals surface area contributed by atoms with Gasteiger partial charge in [-0.1, -0.05) is 6.92 Å². The van der Waals surface area contributed by atoms with E-state index in [1.165, 1.54) is 0 Å². The number of amides is 1. The number of thiophene rings is 1. The molecule has 0 atom stereocenters. The summed E-state index contributed by atoms with van der Waals surface area (Å²) >= 11 is 1.63. The number of aromatic nitrogens is 2. The Hall–Kier alpha value is -1.69. The third-order valence-corrected chi connectivity index (χ3v) is 4.44. The van der Waals surface area contributed by atoms with Gasteiger partial charge in [0.05, 0.1) is 10.9 Å². The van der Waals surface area contributed by atoms with Gasteiger partial charge in [-0.15, -0.1) is 11.3 Å². The van der Waals surface area contributed by atoms with E-state index in [9.17, 15) is 4.79 Å². The third kappa shape index (κ3) is 2.24. The molecule has 1 aliphatic heterocycles. The molecule has 3 heterocycles. The maximum Gasteiger partial charge on any atom is 0.219 e. The molecule has 0 bridgehead atoms. The quantitative estimate of drug-likeness (QED) is 0.942.